The lowest BCUT2D eigenvalue weighted by molar-refractivity contribution is -0.116. The molecule has 0 saturated carbocycles. The third-order valence-electron chi connectivity index (χ3n) is 4.44. The van der Waals surface area contributed by atoms with Crippen molar-refractivity contribution in [2.75, 3.05) is 21.9 Å². The van der Waals surface area contributed by atoms with Crippen LogP contribution in [-0.4, -0.2) is 38.6 Å². The molecular weight excluding hydrogens is 378 g/mol. The zero-order valence-corrected chi connectivity index (χ0v) is 16.4. The van der Waals surface area contributed by atoms with Crippen LogP contribution in [0.15, 0.2) is 54.6 Å². The number of nitrogens with zero attached hydrogens (tertiary/aromatic N) is 1. The van der Waals surface area contributed by atoms with Gasteiger partial charge in [0.25, 0.3) is 5.91 Å². The number of hydrogen-bond donors (Lipinski definition) is 2. The number of sulfonamides is 1. The summed E-state index contributed by atoms with van der Waals surface area (Å²) in [5, 5.41) is 5.56. The van der Waals surface area contributed by atoms with E-state index in [1.54, 1.807) is 55.5 Å². The smallest absolute Gasteiger partial charge is 0.251 e. The van der Waals surface area contributed by atoms with Crippen LogP contribution in [0, 0.1) is 0 Å². The molecule has 0 aromatic heterocycles. The maximum absolute atomic E-state index is 12.2. The Balaban J connectivity index is 1.52. The molecule has 1 saturated heterocycles. The molecule has 0 bridgehead atoms. The standard InChI is InChI=1S/C20H23N3O4S/c1-15(21-20(25)16-6-3-2-4-7-16)14-19(24)22-17-8-10-18(11-9-17)23-12-5-13-28(23,26)27/h2-4,6-11,15H,5,12-14H2,1H3,(H,21,25)(H,22,24). The highest BCUT2D eigenvalue weighted by Crippen LogP contribution is 2.25. The second-order valence-corrected chi connectivity index (χ2v) is 8.79. The van der Waals surface area contributed by atoms with Crippen molar-refractivity contribution in [3.05, 3.63) is 60.2 Å². The van der Waals surface area contributed by atoms with Crippen LogP contribution in [0.1, 0.15) is 30.1 Å². The van der Waals surface area contributed by atoms with Crippen LogP contribution >= 0.6 is 0 Å². The zero-order chi connectivity index (χ0) is 20.1. The number of rotatable bonds is 6. The minimum atomic E-state index is -3.22. The van der Waals surface area contributed by atoms with Crippen LogP contribution in [0.4, 0.5) is 11.4 Å². The third-order valence-corrected chi connectivity index (χ3v) is 6.31. The topological polar surface area (TPSA) is 95.6 Å². The molecule has 2 aromatic rings. The van der Waals surface area contributed by atoms with E-state index >= 15 is 0 Å². The summed E-state index contributed by atoms with van der Waals surface area (Å²) in [7, 11) is -3.22. The summed E-state index contributed by atoms with van der Waals surface area (Å²) in [5.74, 6) is -0.294. The molecule has 0 aliphatic carbocycles. The SMILES string of the molecule is CC(CC(=O)Nc1ccc(N2CCCS2(=O)=O)cc1)NC(=O)c1ccccc1. The summed E-state index contributed by atoms with van der Waals surface area (Å²) >= 11 is 0. The molecule has 1 aliphatic heterocycles. The highest BCUT2D eigenvalue weighted by atomic mass is 32.2. The zero-order valence-electron chi connectivity index (χ0n) is 15.6. The van der Waals surface area contributed by atoms with E-state index in [-0.39, 0.29) is 30.0 Å². The largest absolute Gasteiger partial charge is 0.349 e. The minimum Gasteiger partial charge on any atom is -0.349 e. The summed E-state index contributed by atoms with van der Waals surface area (Å²) in [4.78, 5) is 24.3. The van der Waals surface area contributed by atoms with Crippen LogP contribution in [-0.2, 0) is 14.8 Å². The maximum atomic E-state index is 12.2. The van der Waals surface area contributed by atoms with E-state index in [1.807, 2.05) is 6.07 Å². The predicted octanol–water partition coefficient (Wildman–Crippen LogP) is 2.37. The fraction of sp³-hybridized carbons (Fsp3) is 0.300. The van der Waals surface area contributed by atoms with Gasteiger partial charge in [-0.25, -0.2) is 8.42 Å². The summed E-state index contributed by atoms with van der Waals surface area (Å²) < 4.78 is 25.3. The number of carbonyl (C=O) groups is 2. The lowest BCUT2D eigenvalue weighted by atomic mass is 10.1. The predicted molar refractivity (Wildman–Crippen MR) is 109 cm³/mol. The number of amides is 2. The van der Waals surface area contributed by atoms with Gasteiger partial charge < -0.3 is 10.6 Å². The first-order valence-electron chi connectivity index (χ1n) is 9.11. The van der Waals surface area contributed by atoms with E-state index in [0.29, 0.717) is 29.9 Å². The molecule has 1 aliphatic rings. The minimum absolute atomic E-state index is 0.126. The Kier molecular flexibility index (Phi) is 5.99. The number of nitrogens with one attached hydrogen (secondary N) is 2. The van der Waals surface area contributed by atoms with Gasteiger partial charge >= 0.3 is 0 Å². The van der Waals surface area contributed by atoms with Gasteiger partial charge in [0.2, 0.25) is 15.9 Å². The molecule has 0 radical (unpaired) electrons. The normalized spacial score (nSPS) is 16.4. The summed E-state index contributed by atoms with van der Waals surface area (Å²) in [5.41, 5.74) is 1.72. The van der Waals surface area contributed by atoms with Crippen LogP contribution in [0.3, 0.4) is 0 Å². The van der Waals surface area contributed by atoms with Gasteiger partial charge in [-0.3, -0.25) is 13.9 Å². The van der Waals surface area contributed by atoms with E-state index in [9.17, 15) is 18.0 Å². The van der Waals surface area contributed by atoms with Crippen molar-refractivity contribution in [3.63, 3.8) is 0 Å². The molecule has 148 valence electrons. The van der Waals surface area contributed by atoms with Crippen LogP contribution in [0.25, 0.3) is 0 Å². The lowest BCUT2D eigenvalue weighted by Crippen LogP contribution is -2.35. The van der Waals surface area contributed by atoms with Crippen molar-refractivity contribution < 1.29 is 18.0 Å². The Hall–Kier alpha value is -2.87. The highest BCUT2D eigenvalue weighted by molar-refractivity contribution is 7.93. The average Bonchev–Trinajstić information content (AvgIpc) is 3.02. The van der Waals surface area contributed by atoms with Crippen LogP contribution < -0.4 is 14.9 Å². The molecule has 2 amide bonds. The van der Waals surface area contributed by atoms with Gasteiger partial charge in [-0.2, -0.15) is 0 Å². The quantitative estimate of drug-likeness (QED) is 0.777. The molecule has 1 unspecified atom stereocenters. The molecule has 2 aromatic carbocycles. The monoisotopic (exact) mass is 401 g/mol. The van der Waals surface area contributed by atoms with Gasteiger partial charge in [-0.05, 0) is 49.7 Å². The Labute approximate surface area is 164 Å². The van der Waals surface area contributed by atoms with Gasteiger partial charge in [0.05, 0.1) is 11.4 Å². The fourth-order valence-corrected chi connectivity index (χ4v) is 4.64. The molecule has 2 N–H and O–H groups in total. The van der Waals surface area contributed by atoms with E-state index in [2.05, 4.69) is 10.6 Å². The summed E-state index contributed by atoms with van der Waals surface area (Å²) in [6.07, 6.45) is 0.744. The summed E-state index contributed by atoms with van der Waals surface area (Å²) in [6, 6.07) is 15.2. The number of anilines is 2. The Bertz CT molecular complexity index is 943. The van der Waals surface area contributed by atoms with E-state index in [4.69, 9.17) is 0 Å². The van der Waals surface area contributed by atoms with Crippen LogP contribution in [0.5, 0.6) is 0 Å². The number of benzene rings is 2. The average molecular weight is 401 g/mol. The number of hydrogen-bond acceptors (Lipinski definition) is 4. The van der Waals surface area contributed by atoms with Crippen molar-refractivity contribution >= 4 is 33.2 Å². The van der Waals surface area contributed by atoms with Crippen molar-refractivity contribution in [2.24, 2.45) is 0 Å². The molecule has 8 heteroatoms. The van der Waals surface area contributed by atoms with Gasteiger partial charge in [-0.1, -0.05) is 18.2 Å². The first kappa shape index (κ1) is 19.9. The van der Waals surface area contributed by atoms with E-state index in [1.165, 1.54) is 4.31 Å². The molecule has 1 heterocycles. The lowest BCUT2D eigenvalue weighted by Gasteiger charge is -2.17. The molecule has 1 fully saturated rings. The molecule has 3 rings (SSSR count). The van der Waals surface area contributed by atoms with Crippen molar-refractivity contribution in [3.8, 4) is 0 Å². The molecule has 7 nitrogen and oxygen atoms in total. The Morgan fingerprint density at radius 3 is 2.36 bits per heavy atom. The van der Waals surface area contributed by atoms with E-state index < -0.39 is 10.0 Å². The molecule has 0 spiro atoms. The van der Waals surface area contributed by atoms with Crippen molar-refractivity contribution in [2.45, 2.75) is 25.8 Å². The third kappa shape index (κ3) is 4.89. The second-order valence-electron chi connectivity index (χ2n) is 6.78. The summed E-state index contributed by atoms with van der Waals surface area (Å²) in [6.45, 7) is 2.24. The molecular formula is C20H23N3O4S. The first-order chi connectivity index (χ1) is 13.3. The molecule has 1 atom stereocenters. The highest BCUT2D eigenvalue weighted by Gasteiger charge is 2.28. The second kappa shape index (κ2) is 8.43. The van der Waals surface area contributed by atoms with Gasteiger partial charge in [0.1, 0.15) is 0 Å². The van der Waals surface area contributed by atoms with Crippen molar-refractivity contribution in [1.82, 2.24) is 5.32 Å². The Morgan fingerprint density at radius 2 is 1.75 bits per heavy atom. The Morgan fingerprint density at radius 1 is 1.07 bits per heavy atom. The van der Waals surface area contributed by atoms with E-state index in [0.717, 1.165) is 0 Å². The van der Waals surface area contributed by atoms with Crippen molar-refractivity contribution in [1.29, 1.82) is 0 Å². The fourth-order valence-electron chi connectivity index (χ4n) is 3.08. The van der Waals surface area contributed by atoms with Gasteiger partial charge in [0.15, 0.2) is 0 Å². The number of carbonyl (C=O) groups excluding carboxylic acids is 2. The molecule has 28 heavy (non-hydrogen) atoms. The maximum Gasteiger partial charge on any atom is 0.251 e. The first-order valence-corrected chi connectivity index (χ1v) is 10.7. The van der Waals surface area contributed by atoms with Crippen LogP contribution in [0.2, 0.25) is 0 Å². The van der Waals surface area contributed by atoms with Gasteiger partial charge in [-0.15, -0.1) is 0 Å². The van der Waals surface area contributed by atoms with Gasteiger partial charge in [0, 0.05) is 30.3 Å².